The molecule has 0 radical (unpaired) electrons. The second kappa shape index (κ2) is 5.09. The Hall–Kier alpha value is -1.56. The summed E-state index contributed by atoms with van der Waals surface area (Å²) in [7, 11) is 0. The van der Waals surface area contributed by atoms with Crippen LogP contribution in [-0.2, 0) is 6.42 Å². The lowest BCUT2D eigenvalue weighted by atomic mass is 9.94. The number of hydrogen-bond acceptors (Lipinski definition) is 0. The van der Waals surface area contributed by atoms with Crippen LogP contribution in [-0.4, -0.2) is 0 Å². The van der Waals surface area contributed by atoms with Crippen LogP contribution in [0.1, 0.15) is 50.7 Å². The highest BCUT2D eigenvalue weighted by Crippen LogP contribution is 2.47. The van der Waals surface area contributed by atoms with Crippen molar-refractivity contribution in [2.24, 2.45) is 5.41 Å². The number of benzene rings is 2. The molecule has 0 nitrogen and oxygen atoms in total. The van der Waals surface area contributed by atoms with Gasteiger partial charge in [-0.1, -0.05) is 69.3 Å². The molecule has 2 aromatic rings. The van der Waals surface area contributed by atoms with Crippen molar-refractivity contribution in [1.82, 2.24) is 0 Å². The fourth-order valence-corrected chi connectivity index (χ4v) is 2.78. The monoisotopic (exact) mass is 264 g/mol. The van der Waals surface area contributed by atoms with Crippen LogP contribution >= 0.6 is 0 Å². The van der Waals surface area contributed by atoms with Gasteiger partial charge in [0.05, 0.1) is 0 Å². The van der Waals surface area contributed by atoms with Gasteiger partial charge in [0.2, 0.25) is 0 Å². The molecule has 0 aliphatic heterocycles. The summed E-state index contributed by atoms with van der Waals surface area (Å²) in [4.78, 5) is 0. The highest BCUT2D eigenvalue weighted by molar-refractivity contribution is 5.64. The summed E-state index contributed by atoms with van der Waals surface area (Å²) in [6.45, 7) is 6.89. The van der Waals surface area contributed by atoms with Gasteiger partial charge in [-0.25, -0.2) is 0 Å². The Morgan fingerprint density at radius 1 is 0.950 bits per heavy atom. The lowest BCUT2D eigenvalue weighted by Gasteiger charge is -2.11. The van der Waals surface area contributed by atoms with Crippen LogP contribution in [0.4, 0.5) is 0 Å². The molecule has 0 spiro atoms. The first-order chi connectivity index (χ1) is 9.56. The van der Waals surface area contributed by atoms with Crippen molar-refractivity contribution in [2.75, 3.05) is 0 Å². The maximum atomic E-state index is 2.40. The Kier molecular flexibility index (Phi) is 3.41. The van der Waals surface area contributed by atoms with Gasteiger partial charge >= 0.3 is 0 Å². The lowest BCUT2D eigenvalue weighted by Crippen LogP contribution is -1.98. The molecule has 0 heteroatoms. The zero-order chi connectivity index (χ0) is 14.2. The van der Waals surface area contributed by atoms with Crippen molar-refractivity contribution < 1.29 is 0 Å². The summed E-state index contributed by atoms with van der Waals surface area (Å²) in [5.74, 6) is 0.587. The van der Waals surface area contributed by atoms with Gasteiger partial charge in [-0.15, -0.1) is 0 Å². The number of hydrogen-bond donors (Lipinski definition) is 0. The minimum absolute atomic E-state index is 0.587. The lowest BCUT2D eigenvalue weighted by molar-refractivity contribution is 0.570. The molecule has 0 saturated heterocycles. The molecular formula is C20H24. The van der Waals surface area contributed by atoms with Crippen LogP contribution in [0.2, 0.25) is 0 Å². The molecule has 3 rings (SSSR count). The van der Waals surface area contributed by atoms with Crippen LogP contribution in [0.15, 0.2) is 48.5 Å². The highest BCUT2D eigenvalue weighted by Gasteiger charge is 2.36. The third-order valence-corrected chi connectivity index (χ3v) is 4.58. The molecule has 0 heterocycles. The molecule has 104 valence electrons. The van der Waals surface area contributed by atoms with Crippen molar-refractivity contribution >= 4 is 0 Å². The first-order valence-corrected chi connectivity index (χ1v) is 7.75. The Balaban J connectivity index is 1.81. The Labute approximate surface area is 122 Å². The number of rotatable bonds is 4. The molecule has 1 fully saturated rings. The molecule has 0 unspecified atom stereocenters. The summed E-state index contributed by atoms with van der Waals surface area (Å²) in [6, 6.07) is 18.1. The van der Waals surface area contributed by atoms with Gasteiger partial charge in [-0.05, 0) is 52.8 Å². The van der Waals surface area contributed by atoms with Crippen molar-refractivity contribution in [3.8, 4) is 11.1 Å². The third kappa shape index (κ3) is 2.95. The van der Waals surface area contributed by atoms with Gasteiger partial charge in [0.15, 0.2) is 0 Å². The smallest absolute Gasteiger partial charge is 0.0181 e. The molecule has 2 aromatic carbocycles. The SMILES string of the molecule is CC(C)c1cccc(-c2ccc(CC3(C)CC3)cc2)c1. The zero-order valence-electron chi connectivity index (χ0n) is 12.8. The van der Waals surface area contributed by atoms with Gasteiger partial charge in [0.25, 0.3) is 0 Å². The average molecular weight is 264 g/mol. The van der Waals surface area contributed by atoms with Crippen LogP contribution in [0.3, 0.4) is 0 Å². The molecule has 1 saturated carbocycles. The predicted octanol–water partition coefficient (Wildman–Crippen LogP) is 5.82. The van der Waals surface area contributed by atoms with E-state index in [1.54, 1.807) is 0 Å². The first kappa shape index (κ1) is 13.4. The quantitative estimate of drug-likeness (QED) is 0.652. The minimum atomic E-state index is 0.587. The highest BCUT2D eigenvalue weighted by atomic mass is 14.4. The van der Waals surface area contributed by atoms with Gasteiger partial charge in [-0.2, -0.15) is 0 Å². The van der Waals surface area contributed by atoms with E-state index in [-0.39, 0.29) is 0 Å². The second-order valence-corrected chi connectivity index (χ2v) is 6.96. The summed E-state index contributed by atoms with van der Waals surface area (Å²) in [5.41, 5.74) is 6.16. The first-order valence-electron chi connectivity index (χ1n) is 7.75. The predicted molar refractivity (Wildman–Crippen MR) is 87.0 cm³/mol. The fraction of sp³-hybridized carbons (Fsp3) is 0.400. The van der Waals surface area contributed by atoms with Crippen molar-refractivity contribution in [3.63, 3.8) is 0 Å². The molecule has 0 atom stereocenters. The van der Waals surface area contributed by atoms with E-state index in [9.17, 15) is 0 Å². The van der Waals surface area contributed by atoms with E-state index >= 15 is 0 Å². The minimum Gasteiger partial charge on any atom is -0.0614 e. The van der Waals surface area contributed by atoms with E-state index < -0.39 is 0 Å². The normalized spacial score (nSPS) is 16.4. The summed E-state index contributed by atoms with van der Waals surface area (Å²) in [6.07, 6.45) is 4.02. The van der Waals surface area contributed by atoms with Gasteiger partial charge in [0.1, 0.15) is 0 Å². The zero-order valence-corrected chi connectivity index (χ0v) is 12.8. The Bertz CT molecular complexity index is 586. The van der Waals surface area contributed by atoms with Gasteiger partial charge in [0, 0.05) is 0 Å². The van der Waals surface area contributed by atoms with Crippen molar-refractivity contribution in [1.29, 1.82) is 0 Å². The molecule has 0 amide bonds. The molecular weight excluding hydrogens is 240 g/mol. The van der Waals surface area contributed by atoms with Crippen LogP contribution in [0, 0.1) is 5.41 Å². The van der Waals surface area contributed by atoms with Gasteiger partial charge < -0.3 is 0 Å². The van der Waals surface area contributed by atoms with E-state index in [0.29, 0.717) is 11.3 Å². The molecule has 1 aliphatic carbocycles. The van der Waals surface area contributed by atoms with Crippen molar-refractivity contribution in [2.45, 2.75) is 46.0 Å². The third-order valence-electron chi connectivity index (χ3n) is 4.58. The topological polar surface area (TPSA) is 0 Å². The van der Waals surface area contributed by atoms with Crippen LogP contribution in [0.25, 0.3) is 11.1 Å². The average Bonchev–Trinajstić information content (AvgIpc) is 3.17. The van der Waals surface area contributed by atoms with E-state index in [2.05, 4.69) is 69.3 Å². The molecule has 0 bridgehead atoms. The summed E-state index contributed by atoms with van der Waals surface area (Å²) < 4.78 is 0. The fourth-order valence-electron chi connectivity index (χ4n) is 2.78. The maximum Gasteiger partial charge on any atom is -0.0181 e. The van der Waals surface area contributed by atoms with Crippen LogP contribution in [0.5, 0.6) is 0 Å². The largest absolute Gasteiger partial charge is 0.0614 e. The van der Waals surface area contributed by atoms with Gasteiger partial charge in [-0.3, -0.25) is 0 Å². The summed E-state index contributed by atoms with van der Waals surface area (Å²) >= 11 is 0. The molecule has 20 heavy (non-hydrogen) atoms. The molecule has 1 aliphatic rings. The summed E-state index contributed by atoms with van der Waals surface area (Å²) in [5, 5.41) is 0. The van der Waals surface area contributed by atoms with Crippen molar-refractivity contribution in [3.05, 3.63) is 59.7 Å². The maximum absolute atomic E-state index is 2.40. The Morgan fingerprint density at radius 2 is 1.65 bits per heavy atom. The van der Waals surface area contributed by atoms with E-state index in [1.807, 2.05) is 0 Å². The molecule has 0 N–H and O–H groups in total. The van der Waals surface area contributed by atoms with E-state index in [0.717, 1.165) is 0 Å². The molecule has 0 aromatic heterocycles. The van der Waals surface area contributed by atoms with Crippen LogP contribution < -0.4 is 0 Å². The Morgan fingerprint density at radius 3 is 2.25 bits per heavy atom. The second-order valence-electron chi connectivity index (χ2n) is 6.96. The van der Waals surface area contributed by atoms with E-state index in [1.165, 1.54) is 41.5 Å². The standard InChI is InChI=1S/C20H24/c1-15(2)18-5-4-6-19(13-18)17-9-7-16(8-10-17)14-20(3)11-12-20/h4-10,13,15H,11-12,14H2,1-3H3. The van der Waals surface area contributed by atoms with E-state index in [4.69, 9.17) is 0 Å².